The summed E-state index contributed by atoms with van der Waals surface area (Å²) in [5.74, 6) is 0.754. The summed E-state index contributed by atoms with van der Waals surface area (Å²) < 4.78 is 11.1. The van der Waals surface area contributed by atoms with Gasteiger partial charge in [0.1, 0.15) is 29.5 Å². The molecule has 2 aliphatic rings. The minimum absolute atomic E-state index is 0.149. The minimum Gasteiger partial charge on any atom is -0.495 e. The Bertz CT molecular complexity index is 1300. The van der Waals surface area contributed by atoms with Gasteiger partial charge in [0.15, 0.2) is 0 Å². The molecule has 0 radical (unpaired) electrons. The van der Waals surface area contributed by atoms with Gasteiger partial charge in [-0.15, -0.1) is 11.8 Å². The van der Waals surface area contributed by atoms with E-state index in [4.69, 9.17) is 9.47 Å². The fourth-order valence-corrected chi connectivity index (χ4v) is 5.17. The average molecular weight is 511 g/mol. The van der Waals surface area contributed by atoms with Crippen LogP contribution in [0.25, 0.3) is 10.9 Å². The largest absolute Gasteiger partial charge is 0.495 e. The molecule has 5 rings (SSSR count). The van der Waals surface area contributed by atoms with Gasteiger partial charge in [0.2, 0.25) is 5.91 Å². The smallest absolute Gasteiger partial charge is 0.270 e. The molecule has 0 saturated carbocycles. The van der Waals surface area contributed by atoms with Gasteiger partial charge >= 0.3 is 0 Å². The highest BCUT2D eigenvalue weighted by Gasteiger charge is 2.34. The number of thioether (sulfide) groups is 1. The first-order valence-electron chi connectivity index (χ1n) is 11.6. The molecular formula is C25H26N4O6S. The van der Waals surface area contributed by atoms with Crippen molar-refractivity contribution < 1.29 is 29.3 Å². The number of benzene rings is 1. The number of nitrogens with one attached hydrogen (secondary N) is 2. The maximum Gasteiger partial charge on any atom is 0.270 e. The standard InChI is InChI=1S/C25H26N4O6S/c1-34-14-9-16-15(3-2-4-17(16)26-10-14)22(31)23(32)19-7-5-13(11-35-19)27-25(33)18-6-8-20-24(28-18)29-21(30)12-36-20/h2-4,6,8-10,13,19,22-23,31-32H,5,7,11-12H2,1H3,(H,27,33)(H,28,29,30)/t13-,19+,22-,23+/m1/s1. The summed E-state index contributed by atoms with van der Waals surface area (Å²) in [6, 6.07) is 10.2. The van der Waals surface area contributed by atoms with Crippen molar-refractivity contribution >= 4 is 40.3 Å². The van der Waals surface area contributed by atoms with E-state index in [1.165, 1.54) is 11.8 Å². The first-order valence-corrected chi connectivity index (χ1v) is 12.6. The number of anilines is 1. The highest BCUT2D eigenvalue weighted by Crippen LogP contribution is 2.32. The van der Waals surface area contributed by atoms with Crippen LogP contribution in [0.2, 0.25) is 0 Å². The molecule has 0 unspecified atom stereocenters. The number of carbonyl (C=O) groups excluding carboxylic acids is 2. The Hall–Kier alpha value is -3.25. The van der Waals surface area contributed by atoms with Crippen molar-refractivity contribution in [3.63, 3.8) is 0 Å². The summed E-state index contributed by atoms with van der Waals surface area (Å²) in [4.78, 5) is 33.8. The molecule has 4 heterocycles. The molecule has 2 amide bonds. The SMILES string of the molecule is COc1cnc2cccc([C@@H](O)[C@@H](O)[C@@H]3CC[C@@H](NC(=O)c4ccc5c(n4)NC(=O)CS5)CO3)c2c1. The van der Waals surface area contributed by atoms with Crippen LogP contribution in [0, 0.1) is 0 Å². The molecule has 1 aromatic carbocycles. The van der Waals surface area contributed by atoms with Gasteiger partial charge in [-0.05, 0) is 42.7 Å². The average Bonchev–Trinajstić information content (AvgIpc) is 2.91. The molecule has 10 nitrogen and oxygen atoms in total. The molecular weight excluding hydrogens is 484 g/mol. The number of fused-ring (bicyclic) bond motifs is 2. The second-order valence-corrected chi connectivity index (χ2v) is 9.74. The van der Waals surface area contributed by atoms with Crippen molar-refractivity contribution in [2.24, 2.45) is 0 Å². The quantitative estimate of drug-likeness (QED) is 0.392. The minimum atomic E-state index is -1.19. The first kappa shape index (κ1) is 24.4. The number of amides is 2. The summed E-state index contributed by atoms with van der Waals surface area (Å²) in [6.07, 6.45) is -0.352. The third kappa shape index (κ3) is 5.00. The van der Waals surface area contributed by atoms with Gasteiger partial charge in [0.05, 0.1) is 48.2 Å². The lowest BCUT2D eigenvalue weighted by atomic mass is 9.92. The Balaban J connectivity index is 1.20. The van der Waals surface area contributed by atoms with Crippen molar-refractivity contribution in [3.05, 3.63) is 53.9 Å². The molecule has 11 heteroatoms. The van der Waals surface area contributed by atoms with Gasteiger partial charge in [-0.3, -0.25) is 14.6 Å². The van der Waals surface area contributed by atoms with Crippen molar-refractivity contribution in [3.8, 4) is 5.75 Å². The van der Waals surface area contributed by atoms with Crippen molar-refractivity contribution in [2.45, 2.75) is 42.1 Å². The van der Waals surface area contributed by atoms with E-state index in [0.29, 0.717) is 46.6 Å². The van der Waals surface area contributed by atoms with Crippen LogP contribution in [0.1, 0.15) is 35.0 Å². The zero-order valence-electron chi connectivity index (χ0n) is 19.5. The number of hydrogen-bond donors (Lipinski definition) is 4. The maximum absolute atomic E-state index is 12.7. The lowest BCUT2D eigenvalue weighted by Crippen LogP contribution is -2.47. The molecule has 0 spiro atoms. The van der Waals surface area contributed by atoms with E-state index in [9.17, 15) is 19.8 Å². The number of aliphatic hydroxyl groups excluding tert-OH is 2. The Kier molecular flexibility index (Phi) is 7.06. The van der Waals surface area contributed by atoms with E-state index >= 15 is 0 Å². The van der Waals surface area contributed by atoms with E-state index in [0.717, 1.165) is 4.90 Å². The number of pyridine rings is 2. The van der Waals surface area contributed by atoms with Crippen molar-refractivity contribution in [1.82, 2.24) is 15.3 Å². The highest BCUT2D eigenvalue weighted by molar-refractivity contribution is 8.00. The summed E-state index contributed by atoms with van der Waals surface area (Å²) in [6.45, 7) is 0.183. The van der Waals surface area contributed by atoms with Gasteiger partial charge in [0, 0.05) is 5.39 Å². The Morgan fingerprint density at radius 2 is 2.14 bits per heavy atom. The first-order chi connectivity index (χ1) is 17.4. The summed E-state index contributed by atoms with van der Waals surface area (Å²) >= 11 is 1.38. The van der Waals surface area contributed by atoms with Crippen LogP contribution in [0.5, 0.6) is 5.75 Å². The highest BCUT2D eigenvalue weighted by atomic mass is 32.2. The molecule has 1 saturated heterocycles. The number of aliphatic hydroxyl groups is 2. The lowest BCUT2D eigenvalue weighted by molar-refractivity contribution is -0.113. The second-order valence-electron chi connectivity index (χ2n) is 8.72. The Morgan fingerprint density at radius 1 is 1.28 bits per heavy atom. The summed E-state index contributed by atoms with van der Waals surface area (Å²) in [5, 5.41) is 28.1. The normalized spacial score (nSPS) is 21.2. The monoisotopic (exact) mass is 510 g/mol. The van der Waals surface area contributed by atoms with Crippen LogP contribution < -0.4 is 15.4 Å². The molecule has 2 aromatic heterocycles. The maximum atomic E-state index is 12.7. The zero-order valence-corrected chi connectivity index (χ0v) is 20.3. The molecule has 1 fully saturated rings. The number of nitrogens with zero attached hydrogens (tertiary/aromatic N) is 2. The van der Waals surface area contributed by atoms with Gasteiger partial charge in [-0.25, -0.2) is 4.98 Å². The topological polar surface area (TPSA) is 143 Å². The molecule has 0 aliphatic carbocycles. The molecule has 4 N–H and O–H groups in total. The molecule has 4 atom stereocenters. The number of carbonyl (C=O) groups is 2. The lowest BCUT2D eigenvalue weighted by Gasteiger charge is -2.34. The predicted molar refractivity (Wildman–Crippen MR) is 133 cm³/mol. The van der Waals surface area contributed by atoms with Gasteiger partial charge in [-0.2, -0.15) is 0 Å². The molecule has 3 aromatic rings. The number of aromatic nitrogens is 2. The number of rotatable bonds is 6. The van der Waals surface area contributed by atoms with E-state index in [1.54, 1.807) is 43.6 Å². The fraction of sp³-hybridized carbons (Fsp3) is 0.360. The Labute approximate surface area is 211 Å². The summed E-state index contributed by atoms with van der Waals surface area (Å²) in [7, 11) is 1.54. The number of hydrogen-bond acceptors (Lipinski definition) is 9. The van der Waals surface area contributed by atoms with E-state index in [2.05, 4.69) is 20.6 Å². The zero-order chi connectivity index (χ0) is 25.2. The number of methoxy groups -OCH3 is 1. The van der Waals surface area contributed by atoms with Crippen LogP contribution in [0.4, 0.5) is 5.82 Å². The van der Waals surface area contributed by atoms with Crippen molar-refractivity contribution in [2.75, 3.05) is 24.8 Å². The second kappa shape index (κ2) is 10.4. The molecule has 188 valence electrons. The van der Waals surface area contributed by atoms with Crippen LogP contribution in [-0.4, -0.2) is 69.7 Å². The van der Waals surface area contributed by atoms with E-state index in [1.807, 2.05) is 6.07 Å². The van der Waals surface area contributed by atoms with Gasteiger partial charge in [0.25, 0.3) is 5.91 Å². The van der Waals surface area contributed by atoms with Gasteiger partial charge in [-0.1, -0.05) is 12.1 Å². The Morgan fingerprint density at radius 3 is 2.92 bits per heavy atom. The molecule has 0 bridgehead atoms. The fourth-order valence-electron chi connectivity index (χ4n) is 4.41. The third-order valence-corrected chi connectivity index (χ3v) is 7.39. The van der Waals surface area contributed by atoms with E-state index in [-0.39, 0.29) is 30.2 Å². The van der Waals surface area contributed by atoms with Crippen LogP contribution in [-0.2, 0) is 9.53 Å². The molecule has 36 heavy (non-hydrogen) atoms. The van der Waals surface area contributed by atoms with E-state index < -0.39 is 18.3 Å². The number of ether oxygens (including phenoxy) is 2. The van der Waals surface area contributed by atoms with Crippen LogP contribution in [0.15, 0.2) is 47.5 Å². The van der Waals surface area contributed by atoms with Crippen molar-refractivity contribution in [1.29, 1.82) is 0 Å². The third-order valence-electron chi connectivity index (χ3n) is 6.35. The molecule has 2 aliphatic heterocycles. The van der Waals surface area contributed by atoms with Gasteiger partial charge < -0.3 is 30.3 Å². The predicted octanol–water partition coefficient (Wildman–Crippen LogP) is 2.05. The summed E-state index contributed by atoms with van der Waals surface area (Å²) in [5.41, 5.74) is 1.42. The van der Waals surface area contributed by atoms with Crippen LogP contribution in [0.3, 0.4) is 0 Å². The van der Waals surface area contributed by atoms with Crippen LogP contribution >= 0.6 is 11.8 Å².